The van der Waals surface area contributed by atoms with E-state index in [9.17, 15) is 9.90 Å². The molecule has 0 aliphatic rings. The van der Waals surface area contributed by atoms with E-state index in [4.69, 9.17) is 10.1 Å². The zero-order chi connectivity index (χ0) is 22.2. The number of aryl methyl sites for hydroxylation is 1. The number of nitrogens with one attached hydrogen (secondary N) is 1. The molecule has 0 aromatic heterocycles. The summed E-state index contributed by atoms with van der Waals surface area (Å²) in [6.45, 7) is 4.11. The number of phenolic OH excluding ortho intramolecular Hbond substituents is 1. The lowest BCUT2D eigenvalue weighted by molar-refractivity contribution is -0.113. The van der Waals surface area contributed by atoms with E-state index < -0.39 is 6.10 Å². The second-order valence-electron chi connectivity index (χ2n) is 7.57. The summed E-state index contributed by atoms with van der Waals surface area (Å²) in [5.74, 6) is 0.620. The number of ether oxygens (including phenoxy) is 1. The highest BCUT2D eigenvalue weighted by molar-refractivity contribution is 6.13. The predicted molar refractivity (Wildman–Crippen MR) is 124 cm³/mol. The Morgan fingerprint density at radius 3 is 2.19 bits per heavy atom. The quantitative estimate of drug-likeness (QED) is 0.314. The van der Waals surface area contributed by atoms with Crippen LogP contribution in [0.4, 0.5) is 0 Å². The average Bonchev–Trinajstić information content (AvgIpc) is 2.81. The van der Waals surface area contributed by atoms with Gasteiger partial charge in [-0.15, -0.1) is 0 Å². The second-order valence-corrected chi connectivity index (χ2v) is 7.57. The van der Waals surface area contributed by atoms with Crippen LogP contribution in [0.2, 0.25) is 0 Å². The van der Waals surface area contributed by atoms with Crippen LogP contribution >= 0.6 is 0 Å². The van der Waals surface area contributed by atoms with Crippen LogP contribution < -0.4 is 4.74 Å². The third-order valence-corrected chi connectivity index (χ3v) is 5.27. The normalized spacial score (nSPS) is 11.7. The fraction of sp³-hybridized carbons (Fsp3) is 0.259. The SMILES string of the molecule is CCCc1cc(C(=N)c2ccccc2)c(O)c(CCC)c1OC(C=O)c1ccccc1. The van der Waals surface area contributed by atoms with Gasteiger partial charge in [-0.25, -0.2) is 0 Å². The molecule has 0 saturated carbocycles. The van der Waals surface area contributed by atoms with Gasteiger partial charge in [-0.1, -0.05) is 87.4 Å². The predicted octanol–water partition coefficient (Wildman–Crippen LogP) is 6.03. The largest absolute Gasteiger partial charge is 0.507 e. The molecular formula is C27H29NO3. The van der Waals surface area contributed by atoms with E-state index in [0.717, 1.165) is 42.2 Å². The number of aldehydes is 1. The third kappa shape index (κ3) is 5.02. The first-order valence-corrected chi connectivity index (χ1v) is 10.8. The Morgan fingerprint density at radius 1 is 1.00 bits per heavy atom. The molecule has 4 heteroatoms. The van der Waals surface area contributed by atoms with E-state index in [1.165, 1.54) is 0 Å². The Balaban J connectivity index is 2.12. The summed E-state index contributed by atoms with van der Waals surface area (Å²) >= 11 is 0. The lowest BCUT2D eigenvalue weighted by atomic mass is 9.92. The summed E-state index contributed by atoms with van der Waals surface area (Å²) in [7, 11) is 0. The van der Waals surface area contributed by atoms with E-state index in [0.29, 0.717) is 23.3 Å². The molecule has 0 aliphatic carbocycles. The molecule has 4 nitrogen and oxygen atoms in total. The van der Waals surface area contributed by atoms with E-state index in [1.54, 1.807) is 0 Å². The maximum absolute atomic E-state index is 11.9. The molecule has 0 spiro atoms. The first kappa shape index (κ1) is 22.3. The smallest absolute Gasteiger partial charge is 0.179 e. The Morgan fingerprint density at radius 2 is 1.61 bits per heavy atom. The highest BCUT2D eigenvalue weighted by atomic mass is 16.5. The van der Waals surface area contributed by atoms with Gasteiger partial charge in [0.25, 0.3) is 0 Å². The van der Waals surface area contributed by atoms with E-state index in [1.807, 2.05) is 73.7 Å². The van der Waals surface area contributed by atoms with Crippen molar-refractivity contribution in [2.75, 3.05) is 0 Å². The van der Waals surface area contributed by atoms with Crippen molar-refractivity contribution in [3.8, 4) is 11.5 Å². The van der Waals surface area contributed by atoms with Gasteiger partial charge in [0.15, 0.2) is 12.4 Å². The lowest BCUT2D eigenvalue weighted by Gasteiger charge is -2.23. The fourth-order valence-electron chi connectivity index (χ4n) is 3.75. The minimum atomic E-state index is -0.758. The van der Waals surface area contributed by atoms with E-state index in [-0.39, 0.29) is 11.5 Å². The van der Waals surface area contributed by atoms with Gasteiger partial charge in [0.05, 0.1) is 5.71 Å². The Labute approximate surface area is 184 Å². The monoisotopic (exact) mass is 415 g/mol. The van der Waals surface area contributed by atoms with Crippen LogP contribution in [0, 0.1) is 5.41 Å². The fourth-order valence-corrected chi connectivity index (χ4v) is 3.75. The maximum Gasteiger partial charge on any atom is 0.179 e. The van der Waals surface area contributed by atoms with E-state index >= 15 is 0 Å². The van der Waals surface area contributed by atoms with Crippen molar-refractivity contribution in [2.45, 2.75) is 45.6 Å². The van der Waals surface area contributed by atoms with Crippen molar-refractivity contribution in [1.29, 1.82) is 5.41 Å². The van der Waals surface area contributed by atoms with Crippen LogP contribution in [0.1, 0.15) is 60.6 Å². The summed E-state index contributed by atoms with van der Waals surface area (Å²) in [5.41, 5.74) is 3.84. The van der Waals surface area contributed by atoms with Crippen LogP contribution in [0.15, 0.2) is 66.7 Å². The highest BCUT2D eigenvalue weighted by Gasteiger charge is 2.24. The van der Waals surface area contributed by atoms with Crippen molar-refractivity contribution in [3.05, 3.63) is 94.5 Å². The minimum absolute atomic E-state index is 0.0586. The first-order valence-electron chi connectivity index (χ1n) is 10.8. The molecule has 31 heavy (non-hydrogen) atoms. The lowest BCUT2D eigenvalue weighted by Crippen LogP contribution is -2.13. The van der Waals surface area contributed by atoms with Crippen molar-refractivity contribution < 1.29 is 14.6 Å². The Hall–Kier alpha value is -3.40. The molecule has 0 aliphatic heterocycles. The van der Waals surface area contributed by atoms with Gasteiger partial charge in [0, 0.05) is 16.7 Å². The van der Waals surface area contributed by atoms with Crippen molar-refractivity contribution >= 4 is 12.0 Å². The molecule has 3 aromatic rings. The average molecular weight is 416 g/mol. The summed E-state index contributed by atoms with van der Waals surface area (Å²) in [4.78, 5) is 11.9. The molecule has 1 unspecified atom stereocenters. The number of aromatic hydroxyl groups is 1. The molecule has 0 amide bonds. The number of phenols is 1. The summed E-state index contributed by atoms with van der Waals surface area (Å²) in [5, 5.41) is 19.9. The molecule has 3 aromatic carbocycles. The van der Waals surface area contributed by atoms with Crippen LogP contribution in [-0.4, -0.2) is 17.1 Å². The zero-order valence-electron chi connectivity index (χ0n) is 18.1. The van der Waals surface area contributed by atoms with Crippen LogP contribution in [0.25, 0.3) is 0 Å². The van der Waals surface area contributed by atoms with Crippen LogP contribution in [0.5, 0.6) is 11.5 Å². The van der Waals surface area contributed by atoms with Crippen molar-refractivity contribution in [1.82, 2.24) is 0 Å². The molecule has 0 fully saturated rings. The van der Waals surface area contributed by atoms with Crippen LogP contribution in [0.3, 0.4) is 0 Å². The highest BCUT2D eigenvalue weighted by Crippen LogP contribution is 2.39. The molecule has 3 rings (SSSR count). The molecule has 160 valence electrons. The topological polar surface area (TPSA) is 70.4 Å². The van der Waals surface area contributed by atoms with Gasteiger partial charge >= 0.3 is 0 Å². The first-order chi connectivity index (χ1) is 15.1. The Bertz CT molecular complexity index is 1030. The number of rotatable bonds is 10. The summed E-state index contributed by atoms with van der Waals surface area (Å²) < 4.78 is 6.24. The molecular weight excluding hydrogens is 386 g/mol. The molecule has 1 atom stereocenters. The van der Waals surface area contributed by atoms with Crippen LogP contribution in [-0.2, 0) is 17.6 Å². The molecule has 0 radical (unpaired) electrons. The molecule has 0 bridgehead atoms. The number of benzene rings is 3. The third-order valence-electron chi connectivity index (χ3n) is 5.27. The number of carbonyl (C=O) groups is 1. The van der Waals surface area contributed by atoms with Gasteiger partial charge < -0.3 is 9.84 Å². The Kier molecular flexibility index (Phi) is 7.60. The summed E-state index contributed by atoms with van der Waals surface area (Å²) in [6.07, 6.45) is 3.02. The van der Waals surface area contributed by atoms with Crippen molar-refractivity contribution in [3.63, 3.8) is 0 Å². The number of hydrogen-bond donors (Lipinski definition) is 2. The number of hydrogen-bond acceptors (Lipinski definition) is 4. The maximum atomic E-state index is 11.9. The van der Waals surface area contributed by atoms with Crippen molar-refractivity contribution in [2.24, 2.45) is 0 Å². The van der Waals surface area contributed by atoms with Gasteiger partial charge in [-0.2, -0.15) is 0 Å². The minimum Gasteiger partial charge on any atom is -0.507 e. The molecule has 0 saturated heterocycles. The number of carbonyl (C=O) groups excluding carboxylic acids is 1. The van der Waals surface area contributed by atoms with Gasteiger partial charge in [-0.05, 0) is 30.0 Å². The van der Waals surface area contributed by atoms with Gasteiger partial charge in [-0.3, -0.25) is 10.2 Å². The summed E-state index contributed by atoms with van der Waals surface area (Å²) in [6, 6.07) is 20.6. The zero-order valence-corrected chi connectivity index (χ0v) is 18.1. The molecule has 2 N–H and O–H groups in total. The second kappa shape index (κ2) is 10.6. The molecule has 0 heterocycles. The standard InChI is InChI=1S/C27H29NO3/c1-3-11-21-17-23(25(28)20-15-9-6-10-16-20)26(30)22(12-4-2)27(21)31-24(18-29)19-13-7-5-8-14-19/h5-10,13-18,24,28,30H,3-4,11-12H2,1-2H3. The van der Waals surface area contributed by atoms with Gasteiger partial charge in [0.2, 0.25) is 0 Å². The van der Waals surface area contributed by atoms with Gasteiger partial charge in [0.1, 0.15) is 11.5 Å². The van der Waals surface area contributed by atoms with E-state index in [2.05, 4.69) is 6.92 Å².